The molecule has 0 saturated carbocycles. The number of hydrogen-bond donors (Lipinski definition) is 1. The van der Waals surface area contributed by atoms with Gasteiger partial charge in [-0.05, 0) is 0 Å². The summed E-state index contributed by atoms with van der Waals surface area (Å²) in [5.74, 6) is 0. The Kier molecular flexibility index (Phi) is 9.02. The van der Waals surface area contributed by atoms with Gasteiger partial charge in [0.15, 0.2) is 0 Å². The molecule has 0 aromatic heterocycles. The number of nitrogens with two attached hydrogens (primary N) is 1. The Labute approximate surface area is 76.0 Å². The summed E-state index contributed by atoms with van der Waals surface area (Å²) in [7, 11) is 0. The monoisotopic (exact) mass is 219 g/mol. The fraction of sp³-hybridized carbons (Fsp3) is 1.00. The molecule has 0 fully saturated rings. The van der Waals surface area contributed by atoms with Gasteiger partial charge in [-0.15, -0.1) is 0 Å². The third-order valence-electron chi connectivity index (χ3n) is 1.85. The first-order chi connectivity index (χ1) is 5.31. The van der Waals surface area contributed by atoms with Crippen LogP contribution in [0.2, 0.25) is 16.1 Å². The Morgan fingerprint density at radius 3 is 2.36 bits per heavy atom. The molecule has 1 unspecified atom stereocenters. The van der Waals surface area contributed by atoms with Crippen molar-refractivity contribution in [2.24, 2.45) is 5.73 Å². The average Bonchev–Trinajstić information content (AvgIpc) is 1.99. The van der Waals surface area contributed by atoms with E-state index >= 15 is 0 Å². The van der Waals surface area contributed by atoms with Crippen LogP contribution in [0.4, 0.5) is 0 Å². The zero-order chi connectivity index (χ0) is 8.53. The van der Waals surface area contributed by atoms with Crippen molar-refractivity contribution >= 4 is 14.7 Å². The molecule has 0 amide bonds. The van der Waals surface area contributed by atoms with Gasteiger partial charge in [-0.1, -0.05) is 0 Å². The third-order valence-corrected chi connectivity index (χ3v) is 6.65. The summed E-state index contributed by atoms with van der Waals surface area (Å²) in [6.07, 6.45) is 5.43. The van der Waals surface area contributed by atoms with Crippen LogP contribution in [0.3, 0.4) is 0 Å². The summed E-state index contributed by atoms with van der Waals surface area (Å²) < 4.78 is 0. The first-order valence-corrected chi connectivity index (χ1v) is 9.23. The second-order valence-electron chi connectivity index (χ2n) is 3.15. The van der Waals surface area contributed by atoms with Crippen molar-refractivity contribution in [3.8, 4) is 0 Å². The molecule has 1 atom stereocenters. The SMILES string of the molecule is CCC[As](C)CCCCCN. The molecule has 11 heavy (non-hydrogen) atoms. The second kappa shape index (κ2) is 8.61. The molecule has 0 aliphatic rings. The fourth-order valence-electron chi connectivity index (χ4n) is 1.20. The van der Waals surface area contributed by atoms with Gasteiger partial charge in [0.25, 0.3) is 0 Å². The summed E-state index contributed by atoms with van der Waals surface area (Å²) in [5.41, 5.74) is 7.91. The van der Waals surface area contributed by atoms with Crippen molar-refractivity contribution in [1.29, 1.82) is 0 Å². The van der Waals surface area contributed by atoms with Crippen molar-refractivity contribution in [3.05, 3.63) is 0 Å². The molecule has 0 aromatic rings. The molecule has 68 valence electrons. The normalized spacial score (nSPS) is 13.4. The molecule has 0 aromatic carbocycles. The zero-order valence-corrected chi connectivity index (χ0v) is 9.85. The van der Waals surface area contributed by atoms with E-state index in [-0.39, 0.29) is 14.7 Å². The zero-order valence-electron chi connectivity index (χ0n) is 7.97. The van der Waals surface area contributed by atoms with E-state index in [2.05, 4.69) is 12.6 Å². The number of hydrogen-bond acceptors (Lipinski definition) is 1. The second-order valence-corrected chi connectivity index (χ2v) is 8.62. The molecule has 1 nitrogen and oxygen atoms in total. The van der Waals surface area contributed by atoms with Gasteiger partial charge in [0.05, 0.1) is 0 Å². The van der Waals surface area contributed by atoms with E-state index in [0.29, 0.717) is 0 Å². The van der Waals surface area contributed by atoms with Crippen LogP contribution in [0.15, 0.2) is 0 Å². The quantitative estimate of drug-likeness (QED) is 0.517. The van der Waals surface area contributed by atoms with Crippen molar-refractivity contribution in [2.75, 3.05) is 6.54 Å². The van der Waals surface area contributed by atoms with Crippen LogP contribution in [0.5, 0.6) is 0 Å². The van der Waals surface area contributed by atoms with Gasteiger partial charge >= 0.3 is 75.7 Å². The molecule has 2 heteroatoms. The first-order valence-electron chi connectivity index (χ1n) is 4.70. The standard InChI is InChI=1S/C9H22AsN/c1-3-7-10(2)8-5-4-6-9-11/h3-9,11H2,1-2H3. The van der Waals surface area contributed by atoms with E-state index < -0.39 is 0 Å². The minimum absolute atomic E-state index is 0.346. The van der Waals surface area contributed by atoms with Crippen molar-refractivity contribution < 1.29 is 0 Å². The first kappa shape index (κ1) is 11.5. The summed E-state index contributed by atoms with van der Waals surface area (Å²) in [6, 6.07) is 0. The maximum atomic E-state index is 5.42. The topological polar surface area (TPSA) is 26.0 Å². The van der Waals surface area contributed by atoms with Gasteiger partial charge < -0.3 is 0 Å². The molecule has 0 aliphatic carbocycles. The Morgan fingerprint density at radius 2 is 1.82 bits per heavy atom. The summed E-state index contributed by atoms with van der Waals surface area (Å²) in [6.45, 7) is 3.18. The average molecular weight is 219 g/mol. The van der Waals surface area contributed by atoms with Crippen molar-refractivity contribution in [2.45, 2.75) is 48.7 Å². The van der Waals surface area contributed by atoms with E-state index in [9.17, 15) is 0 Å². The molecular formula is C9H22AsN. The molecular weight excluding hydrogens is 197 g/mol. The van der Waals surface area contributed by atoms with Gasteiger partial charge in [0.2, 0.25) is 0 Å². The Balaban J connectivity index is 2.97. The van der Waals surface area contributed by atoms with Crippen LogP contribution in [0.25, 0.3) is 0 Å². The van der Waals surface area contributed by atoms with Gasteiger partial charge in [-0.2, -0.15) is 0 Å². The predicted octanol–water partition coefficient (Wildman–Crippen LogP) is 2.65. The molecule has 0 radical (unpaired) electrons. The summed E-state index contributed by atoms with van der Waals surface area (Å²) in [5, 5.41) is 3.08. The number of rotatable bonds is 7. The summed E-state index contributed by atoms with van der Waals surface area (Å²) >= 11 is -0.346. The van der Waals surface area contributed by atoms with Crippen LogP contribution in [-0.2, 0) is 0 Å². The van der Waals surface area contributed by atoms with Crippen LogP contribution in [-0.4, -0.2) is 21.2 Å². The molecule has 0 spiro atoms. The van der Waals surface area contributed by atoms with E-state index in [1.165, 1.54) is 30.9 Å². The fourth-order valence-corrected chi connectivity index (χ4v) is 4.87. The molecule has 0 rings (SSSR count). The van der Waals surface area contributed by atoms with E-state index in [0.717, 1.165) is 6.54 Å². The van der Waals surface area contributed by atoms with Crippen LogP contribution in [0, 0.1) is 0 Å². The third kappa shape index (κ3) is 8.42. The maximum absolute atomic E-state index is 5.42. The Hall–Kier alpha value is 0.518. The molecule has 0 bridgehead atoms. The van der Waals surface area contributed by atoms with E-state index in [4.69, 9.17) is 5.73 Å². The Bertz CT molecular complexity index is 76.0. The van der Waals surface area contributed by atoms with Gasteiger partial charge in [-0.3, -0.25) is 0 Å². The van der Waals surface area contributed by atoms with Crippen molar-refractivity contribution in [1.82, 2.24) is 0 Å². The van der Waals surface area contributed by atoms with E-state index in [1.54, 1.807) is 5.21 Å². The van der Waals surface area contributed by atoms with E-state index in [1.807, 2.05) is 0 Å². The van der Waals surface area contributed by atoms with Crippen LogP contribution in [0.1, 0.15) is 32.6 Å². The minimum atomic E-state index is -0.346. The van der Waals surface area contributed by atoms with Gasteiger partial charge in [0, 0.05) is 0 Å². The van der Waals surface area contributed by atoms with Crippen molar-refractivity contribution in [3.63, 3.8) is 0 Å². The van der Waals surface area contributed by atoms with Gasteiger partial charge in [-0.25, -0.2) is 0 Å². The molecule has 0 aliphatic heterocycles. The Morgan fingerprint density at radius 1 is 1.09 bits per heavy atom. The van der Waals surface area contributed by atoms with Crippen LogP contribution < -0.4 is 5.73 Å². The molecule has 2 N–H and O–H groups in total. The molecule has 0 saturated heterocycles. The van der Waals surface area contributed by atoms with Gasteiger partial charge in [0.1, 0.15) is 0 Å². The predicted molar refractivity (Wildman–Crippen MR) is 54.4 cm³/mol. The van der Waals surface area contributed by atoms with Crippen LogP contribution >= 0.6 is 0 Å². The number of unbranched alkanes of at least 4 members (excludes halogenated alkanes) is 2. The molecule has 0 heterocycles. The summed E-state index contributed by atoms with van der Waals surface area (Å²) in [4.78, 5) is 0.